The fraction of sp³-hybridized carbons (Fsp3) is 0.160. The van der Waals surface area contributed by atoms with Gasteiger partial charge in [-0.1, -0.05) is 60.7 Å². The third-order valence-electron chi connectivity index (χ3n) is 5.37. The van der Waals surface area contributed by atoms with Crippen molar-refractivity contribution in [2.24, 2.45) is 5.92 Å². The number of para-hydroxylation sites is 1. The number of aromatic amines is 1. The molecule has 1 atom stereocenters. The minimum atomic E-state index is -0.975. The van der Waals surface area contributed by atoms with E-state index in [0.717, 1.165) is 21.7 Å². The van der Waals surface area contributed by atoms with Crippen molar-refractivity contribution in [2.75, 3.05) is 6.54 Å². The Kier molecular flexibility index (Phi) is 5.80. The lowest BCUT2D eigenvalue weighted by molar-refractivity contribution is -0.141. The molecule has 1 unspecified atom stereocenters. The summed E-state index contributed by atoms with van der Waals surface area (Å²) in [5.74, 6) is -2.12. The number of aliphatic carboxylic acids is 1. The second-order valence-electron chi connectivity index (χ2n) is 7.61. The zero-order valence-corrected chi connectivity index (χ0v) is 16.8. The highest BCUT2D eigenvalue weighted by Crippen LogP contribution is 2.18. The Bertz CT molecular complexity index is 1330. The summed E-state index contributed by atoms with van der Waals surface area (Å²) in [5.41, 5.74) is 1.63. The Hall–Kier alpha value is -3.93. The standard InChI is InChI=1S/C25H22N2O4/c28-23(14-20-13-19-7-3-4-8-22(19)27-24(20)29)26-15-21(25(30)31)12-16-9-10-17-5-1-2-6-18(17)11-16/h1-11,13,21H,12,14-15H2,(H,26,28)(H,27,29)(H,30,31). The molecule has 0 radical (unpaired) electrons. The van der Waals surface area contributed by atoms with Gasteiger partial charge >= 0.3 is 5.97 Å². The van der Waals surface area contributed by atoms with Crippen molar-refractivity contribution in [2.45, 2.75) is 12.8 Å². The predicted octanol–water partition coefficient (Wildman–Crippen LogP) is 3.28. The van der Waals surface area contributed by atoms with E-state index in [1.165, 1.54) is 0 Å². The molecule has 0 aliphatic heterocycles. The maximum Gasteiger partial charge on any atom is 0.308 e. The summed E-state index contributed by atoms with van der Waals surface area (Å²) in [6.45, 7) is -0.00746. The number of carboxylic acids is 1. The van der Waals surface area contributed by atoms with E-state index in [1.807, 2.05) is 60.7 Å². The molecule has 4 rings (SSSR count). The molecule has 0 aliphatic rings. The van der Waals surface area contributed by atoms with Crippen LogP contribution in [0.3, 0.4) is 0 Å². The van der Waals surface area contributed by atoms with E-state index in [2.05, 4.69) is 10.3 Å². The van der Waals surface area contributed by atoms with E-state index >= 15 is 0 Å². The van der Waals surface area contributed by atoms with Gasteiger partial charge < -0.3 is 15.4 Å². The van der Waals surface area contributed by atoms with Crippen molar-refractivity contribution in [1.82, 2.24) is 10.3 Å². The van der Waals surface area contributed by atoms with Crippen molar-refractivity contribution >= 4 is 33.6 Å². The molecule has 1 aromatic heterocycles. The number of hydrogen-bond donors (Lipinski definition) is 3. The number of pyridine rings is 1. The first-order valence-electron chi connectivity index (χ1n) is 10.1. The summed E-state index contributed by atoms with van der Waals surface area (Å²) in [7, 11) is 0. The number of carbonyl (C=O) groups excluding carboxylic acids is 1. The van der Waals surface area contributed by atoms with Crippen molar-refractivity contribution < 1.29 is 14.7 Å². The molecule has 6 heteroatoms. The topological polar surface area (TPSA) is 99.3 Å². The lowest BCUT2D eigenvalue weighted by Crippen LogP contribution is -2.35. The highest BCUT2D eigenvalue weighted by Gasteiger charge is 2.20. The number of carbonyl (C=O) groups is 2. The zero-order valence-electron chi connectivity index (χ0n) is 16.8. The van der Waals surface area contributed by atoms with Gasteiger partial charge in [0.15, 0.2) is 0 Å². The van der Waals surface area contributed by atoms with Gasteiger partial charge in [0.2, 0.25) is 5.91 Å². The number of benzene rings is 3. The average molecular weight is 414 g/mol. The molecule has 0 spiro atoms. The molecule has 1 amide bonds. The van der Waals surface area contributed by atoms with Crippen LogP contribution in [0.1, 0.15) is 11.1 Å². The summed E-state index contributed by atoms with van der Waals surface area (Å²) in [5, 5.41) is 15.3. The molecule has 0 saturated heterocycles. The fourth-order valence-electron chi connectivity index (χ4n) is 3.69. The normalized spacial score (nSPS) is 12.0. The van der Waals surface area contributed by atoms with E-state index in [9.17, 15) is 19.5 Å². The van der Waals surface area contributed by atoms with E-state index < -0.39 is 11.9 Å². The van der Waals surface area contributed by atoms with E-state index in [1.54, 1.807) is 12.1 Å². The van der Waals surface area contributed by atoms with Crippen LogP contribution in [0.15, 0.2) is 77.6 Å². The number of hydrogen-bond acceptors (Lipinski definition) is 3. The van der Waals surface area contributed by atoms with Gasteiger partial charge in [0.25, 0.3) is 5.56 Å². The summed E-state index contributed by atoms with van der Waals surface area (Å²) < 4.78 is 0. The molecule has 156 valence electrons. The highest BCUT2D eigenvalue weighted by atomic mass is 16.4. The third-order valence-corrected chi connectivity index (χ3v) is 5.37. The molecule has 31 heavy (non-hydrogen) atoms. The summed E-state index contributed by atoms with van der Waals surface area (Å²) >= 11 is 0. The molecular weight excluding hydrogens is 392 g/mol. The maximum atomic E-state index is 12.4. The number of carboxylic acid groups (broad SMARTS) is 1. The lowest BCUT2D eigenvalue weighted by atomic mass is 9.97. The lowest BCUT2D eigenvalue weighted by Gasteiger charge is -2.14. The Balaban J connectivity index is 1.42. The van der Waals surface area contributed by atoms with Gasteiger partial charge in [-0.3, -0.25) is 14.4 Å². The van der Waals surface area contributed by atoms with Gasteiger partial charge in [-0.15, -0.1) is 0 Å². The van der Waals surface area contributed by atoms with E-state index in [-0.39, 0.29) is 24.4 Å². The van der Waals surface area contributed by atoms with Crippen molar-refractivity contribution in [3.63, 3.8) is 0 Å². The van der Waals surface area contributed by atoms with Crippen LogP contribution in [0, 0.1) is 5.92 Å². The number of fused-ring (bicyclic) bond motifs is 2. The van der Waals surface area contributed by atoms with Gasteiger partial charge in [0.05, 0.1) is 12.3 Å². The zero-order chi connectivity index (χ0) is 21.8. The third kappa shape index (κ3) is 4.80. The predicted molar refractivity (Wildman–Crippen MR) is 120 cm³/mol. The number of aromatic nitrogens is 1. The minimum Gasteiger partial charge on any atom is -0.481 e. The molecule has 0 fully saturated rings. The maximum absolute atomic E-state index is 12.4. The van der Waals surface area contributed by atoms with Crippen LogP contribution in [-0.4, -0.2) is 28.5 Å². The number of H-pyrrole nitrogens is 1. The quantitative estimate of drug-likeness (QED) is 0.432. The molecule has 3 aromatic carbocycles. The first-order chi connectivity index (χ1) is 15.0. The van der Waals surface area contributed by atoms with Crippen molar-refractivity contribution in [3.05, 3.63) is 94.3 Å². The summed E-state index contributed by atoms with van der Waals surface area (Å²) in [4.78, 5) is 39.1. The van der Waals surface area contributed by atoms with Crippen LogP contribution in [0.2, 0.25) is 0 Å². The van der Waals surface area contributed by atoms with Crippen LogP contribution >= 0.6 is 0 Å². The Labute approximate surface area is 178 Å². The molecule has 6 nitrogen and oxygen atoms in total. The number of nitrogens with one attached hydrogen (secondary N) is 2. The second kappa shape index (κ2) is 8.83. The average Bonchev–Trinajstić information content (AvgIpc) is 2.76. The van der Waals surface area contributed by atoms with E-state index in [4.69, 9.17) is 0 Å². The van der Waals surface area contributed by atoms with Gasteiger partial charge in [-0.2, -0.15) is 0 Å². The van der Waals surface area contributed by atoms with Crippen molar-refractivity contribution in [1.29, 1.82) is 0 Å². The molecule has 1 heterocycles. The Morgan fingerprint density at radius 2 is 1.61 bits per heavy atom. The fourth-order valence-corrected chi connectivity index (χ4v) is 3.69. The molecule has 3 N–H and O–H groups in total. The first-order valence-corrected chi connectivity index (χ1v) is 10.1. The smallest absolute Gasteiger partial charge is 0.308 e. The minimum absolute atomic E-state index is 0.00746. The largest absolute Gasteiger partial charge is 0.481 e. The second-order valence-corrected chi connectivity index (χ2v) is 7.61. The number of amides is 1. The van der Waals surface area contributed by atoms with Crippen LogP contribution in [0.25, 0.3) is 21.7 Å². The van der Waals surface area contributed by atoms with Gasteiger partial charge in [-0.05, 0) is 40.3 Å². The molecule has 0 bridgehead atoms. The van der Waals surface area contributed by atoms with Gasteiger partial charge in [0, 0.05) is 17.6 Å². The SMILES string of the molecule is O=C(Cc1cc2ccccc2[nH]c1=O)NCC(Cc1ccc2ccccc2c1)C(=O)O. The summed E-state index contributed by atoms with van der Waals surface area (Å²) in [6, 6.07) is 22.8. The van der Waals surface area contributed by atoms with Crippen LogP contribution in [0.4, 0.5) is 0 Å². The van der Waals surface area contributed by atoms with Crippen LogP contribution in [-0.2, 0) is 22.4 Å². The van der Waals surface area contributed by atoms with Crippen LogP contribution < -0.4 is 10.9 Å². The molecule has 0 aliphatic carbocycles. The molecular formula is C25H22N2O4. The monoisotopic (exact) mass is 414 g/mol. The summed E-state index contributed by atoms with van der Waals surface area (Å²) in [6.07, 6.45) is 0.194. The van der Waals surface area contributed by atoms with Crippen molar-refractivity contribution in [3.8, 4) is 0 Å². The molecule has 0 saturated carbocycles. The first kappa shape index (κ1) is 20.3. The molecule has 4 aromatic rings. The van der Waals surface area contributed by atoms with Gasteiger partial charge in [0.1, 0.15) is 0 Å². The Morgan fingerprint density at radius 1 is 0.903 bits per heavy atom. The highest BCUT2D eigenvalue weighted by molar-refractivity contribution is 5.84. The van der Waals surface area contributed by atoms with Crippen LogP contribution in [0.5, 0.6) is 0 Å². The number of rotatable bonds is 7. The van der Waals surface area contributed by atoms with E-state index in [0.29, 0.717) is 17.5 Å². The van der Waals surface area contributed by atoms with Gasteiger partial charge in [-0.25, -0.2) is 0 Å². The Morgan fingerprint density at radius 3 is 2.39 bits per heavy atom.